The van der Waals surface area contributed by atoms with Gasteiger partial charge in [-0.15, -0.1) is 0 Å². The average molecular weight is 465 g/mol. The zero-order chi connectivity index (χ0) is 22.7. The third-order valence-electron chi connectivity index (χ3n) is 4.64. The van der Waals surface area contributed by atoms with E-state index in [0.717, 1.165) is 22.3 Å². The summed E-state index contributed by atoms with van der Waals surface area (Å²) in [5.41, 5.74) is 4.79. The molecule has 1 aliphatic heterocycles. The first-order valence-electron chi connectivity index (χ1n) is 9.46. The van der Waals surface area contributed by atoms with Gasteiger partial charge in [-0.2, -0.15) is 5.01 Å². The maximum absolute atomic E-state index is 12.8. The maximum atomic E-state index is 12.8. The second-order valence-electron chi connectivity index (χ2n) is 6.79. The Labute approximate surface area is 192 Å². The first-order valence-corrected chi connectivity index (χ1v) is 10.7. The van der Waals surface area contributed by atoms with Crippen molar-refractivity contribution in [2.45, 2.75) is 6.42 Å². The highest BCUT2D eigenvalue weighted by Gasteiger charge is 2.33. The van der Waals surface area contributed by atoms with Crippen molar-refractivity contribution in [3.8, 4) is 5.69 Å². The van der Waals surface area contributed by atoms with E-state index in [1.165, 1.54) is 12.1 Å². The smallest absolute Gasteiger partial charge is 0.285 e. The second kappa shape index (κ2) is 9.16. The molecule has 0 saturated carbocycles. The molecule has 1 aliphatic rings. The van der Waals surface area contributed by atoms with Gasteiger partial charge in [0.15, 0.2) is 4.32 Å². The average Bonchev–Trinajstić information content (AvgIpc) is 3.34. The molecular weight excluding hydrogens is 448 g/mol. The van der Waals surface area contributed by atoms with Crippen LogP contribution in [-0.4, -0.2) is 30.6 Å². The number of benzene rings is 2. The van der Waals surface area contributed by atoms with E-state index >= 15 is 0 Å². The molecule has 0 atom stereocenters. The zero-order valence-electron chi connectivity index (χ0n) is 16.5. The van der Waals surface area contributed by atoms with Crippen LogP contribution in [0.2, 0.25) is 0 Å². The van der Waals surface area contributed by atoms with E-state index in [2.05, 4.69) is 5.43 Å². The van der Waals surface area contributed by atoms with Crippen LogP contribution < -0.4 is 5.43 Å². The lowest BCUT2D eigenvalue weighted by Crippen LogP contribution is -2.45. The van der Waals surface area contributed by atoms with Crippen LogP contribution >= 0.6 is 24.0 Å². The summed E-state index contributed by atoms with van der Waals surface area (Å²) in [7, 11) is 0. The Balaban J connectivity index is 1.50. The number of non-ortho nitro benzene ring substituents is 1. The lowest BCUT2D eigenvalue weighted by atomic mass is 10.1. The Hall–Kier alpha value is -3.76. The van der Waals surface area contributed by atoms with E-state index < -0.39 is 10.8 Å². The highest BCUT2D eigenvalue weighted by Crippen LogP contribution is 2.32. The molecule has 0 unspecified atom stereocenters. The third kappa shape index (κ3) is 4.61. The SMILES string of the molecule is O=C(Cc1ccccc1)NN1C(=O)C(=Cc2cccn2-c2ccc([N+](=O)[O-])cc2)SC1=S. The molecule has 10 heteroatoms. The molecule has 2 amide bonds. The summed E-state index contributed by atoms with van der Waals surface area (Å²) in [5, 5.41) is 12.0. The number of aromatic nitrogens is 1. The molecule has 1 aromatic heterocycles. The Morgan fingerprint density at radius 1 is 1.09 bits per heavy atom. The summed E-state index contributed by atoms with van der Waals surface area (Å²) < 4.78 is 2.03. The molecule has 32 heavy (non-hydrogen) atoms. The Kier molecular flexibility index (Phi) is 6.15. The van der Waals surface area contributed by atoms with E-state index in [4.69, 9.17) is 12.2 Å². The molecule has 0 bridgehead atoms. The van der Waals surface area contributed by atoms with Gasteiger partial charge >= 0.3 is 0 Å². The number of nitro benzene ring substituents is 1. The van der Waals surface area contributed by atoms with Gasteiger partial charge in [0, 0.05) is 29.7 Å². The van der Waals surface area contributed by atoms with E-state index in [1.54, 1.807) is 35.0 Å². The van der Waals surface area contributed by atoms with Crippen LogP contribution in [0.1, 0.15) is 11.3 Å². The molecule has 2 aromatic carbocycles. The van der Waals surface area contributed by atoms with E-state index in [9.17, 15) is 19.7 Å². The lowest BCUT2D eigenvalue weighted by molar-refractivity contribution is -0.384. The fraction of sp³-hybridized carbons (Fsp3) is 0.0455. The topological polar surface area (TPSA) is 97.5 Å². The molecule has 1 N–H and O–H groups in total. The van der Waals surface area contributed by atoms with E-state index in [1.807, 2.05) is 36.4 Å². The number of nitro groups is 1. The number of carbonyl (C=O) groups is 2. The van der Waals surface area contributed by atoms with Crippen molar-refractivity contribution in [2.24, 2.45) is 0 Å². The van der Waals surface area contributed by atoms with Gasteiger partial charge in [0.05, 0.1) is 16.2 Å². The number of nitrogens with one attached hydrogen (secondary N) is 1. The van der Waals surface area contributed by atoms with Crippen LogP contribution in [0.25, 0.3) is 11.8 Å². The summed E-state index contributed by atoms with van der Waals surface area (Å²) in [6.07, 6.45) is 3.58. The highest BCUT2D eigenvalue weighted by atomic mass is 32.2. The van der Waals surface area contributed by atoms with Gasteiger partial charge in [-0.3, -0.25) is 25.1 Å². The van der Waals surface area contributed by atoms with Crippen molar-refractivity contribution in [2.75, 3.05) is 0 Å². The third-order valence-corrected chi connectivity index (χ3v) is 5.94. The van der Waals surface area contributed by atoms with Crippen molar-refractivity contribution in [3.63, 3.8) is 0 Å². The minimum absolute atomic E-state index is 0.00503. The summed E-state index contributed by atoms with van der Waals surface area (Å²) in [4.78, 5) is 36.0. The van der Waals surface area contributed by atoms with Crippen LogP contribution in [0, 0.1) is 10.1 Å². The van der Waals surface area contributed by atoms with E-state index in [-0.39, 0.29) is 22.3 Å². The fourth-order valence-corrected chi connectivity index (χ4v) is 4.29. The van der Waals surface area contributed by atoms with Gasteiger partial charge in [0.1, 0.15) is 0 Å². The van der Waals surface area contributed by atoms with E-state index in [0.29, 0.717) is 16.3 Å². The molecule has 1 fully saturated rings. The van der Waals surface area contributed by atoms with Crippen LogP contribution in [0.15, 0.2) is 77.8 Å². The van der Waals surface area contributed by atoms with Crippen molar-refractivity contribution < 1.29 is 14.5 Å². The number of thiocarbonyl (C=S) groups is 1. The first-order chi connectivity index (χ1) is 15.4. The summed E-state index contributed by atoms with van der Waals surface area (Å²) in [5.74, 6) is -0.763. The van der Waals surface area contributed by atoms with Crippen LogP contribution in [-0.2, 0) is 16.0 Å². The van der Waals surface area contributed by atoms with Crippen LogP contribution in [0.5, 0.6) is 0 Å². The van der Waals surface area contributed by atoms with Gasteiger partial charge in [0.25, 0.3) is 11.6 Å². The summed E-state index contributed by atoms with van der Waals surface area (Å²) >= 11 is 6.37. The first kappa shape index (κ1) is 21.5. The largest absolute Gasteiger partial charge is 0.317 e. The minimum atomic E-state index is -0.461. The Morgan fingerprint density at radius 2 is 1.81 bits per heavy atom. The van der Waals surface area contributed by atoms with Crippen molar-refractivity contribution >= 4 is 51.9 Å². The molecule has 0 radical (unpaired) electrons. The van der Waals surface area contributed by atoms with Gasteiger partial charge in [-0.05, 0) is 48.1 Å². The van der Waals surface area contributed by atoms with Crippen molar-refractivity contribution in [1.29, 1.82) is 0 Å². The maximum Gasteiger partial charge on any atom is 0.285 e. The number of carbonyl (C=O) groups excluding carboxylic acids is 2. The molecule has 2 heterocycles. The number of thioether (sulfide) groups is 1. The van der Waals surface area contributed by atoms with Crippen LogP contribution in [0.3, 0.4) is 0 Å². The number of amides is 2. The van der Waals surface area contributed by atoms with Crippen LogP contribution in [0.4, 0.5) is 5.69 Å². The quantitative estimate of drug-likeness (QED) is 0.258. The zero-order valence-corrected chi connectivity index (χ0v) is 18.1. The fourth-order valence-electron chi connectivity index (χ4n) is 3.13. The molecule has 1 saturated heterocycles. The minimum Gasteiger partial charge on any atom is -0.317 e. The second-order valence-corrected chi connectivity index (χ2v) is 8.47. The number of hydrogen-bond acceptors (Lipinski definition) is 6. The highest BCUT2D eigenvalue weighted by molar-refractivity contribution is 8.26. The predicted molar refractivity (Wildman–Crippen MR) is 126 cm³/mol. The normalized spacial score (nSPS) is 14.8. The molecule has 160 valence electrons. The molecule has 0 spiro atoms. The molecule has 0 aliphatic carbocycles. The van der Waals surface area contributed by atoms with Gasteiger partial charge in [-0.25, -0.2) is 0 Å². The number of hydrazine groups is 1. The number of hydrogen-bond donors (Lipinski definition) is 1. The monoisotopic (exact) mass is 464 g/mol. The summed E-state index contributed by atoms with van der Waals surface area (Å²) in [6.45, 7) is 0. The molecular formula is C22H16N4O4S2. The molecule has 4 rings (SSSR count). The Morgan fingerprint density at radius 3 is 2.50 bits per heavy atom. The van der Waals surface area contributed by atoms with Crippen molar-refractivity contribution in [1.82, 2.24) is 15.0 Å². The molecule has 3 aromatic rings. The van der Waals surface area contributed by atoms with Gasteiger partial charge in [-0.1, -0.05) is 42.1 Å². The van der Waals surface area contributed by atoms with Gasteiger partial charge < -0.3 is 4.57 Å². The van der Waals surface area contributed by atoms with Gasteiger partial charge in [0.2, 0.25) is 5.91 Å². The standard InChI is InChI=1S/C22H16N4O4S2/c27-20(13-15-5-2-1-3-6-15)23-25-21(28)19(32-22(25)31)14-18-7-4-12-24(18)16-8-10-17(11-9-16)26(29)30/h1-12,14H,13H2,(H,23,27). The Bertz CT molecular complexity index is 1240. The predicted octanol–water partition coefficient (Wildman–Crippen LogP) is 3.86. The lowest BCUT2D eigenvalue weighted by Gasteiger charge is -2.15. The molecule has 8 nitrogen and oxygen atoms in total. The number of nitrogens with zero attached hydrogens (tertiary/aromatic N) is 3. The summed E-state index contributed by atoms with van der Waals surface area (Å²) in [6, 6.07) is 18.9. The van der Waals surface area contributed by atoms with Crippen molar-refractivity contribution in [3.05, 3.63) is 99.2 Å². The number of rotatable bonds is 6.